The zero-order valence-electron chi connectivity index (χ0n) is 9.07. The number of ether oxygens (including phenoxy) is 1. The Kier molecular flexibility index (Phi) is 2.21. The van der Waals surface area contributed by atoms with Crippen LogP contribution in [0.3, 0.4) is 0 Å². The topological polar surface area (TPSA) is 26.3 Å². The molecule has 1 aromatic rings. The highest BCUT2D eigenvalue weighted by Crippen LogP contribution is 2.62. The highest BCUT2D eigenvalue weighted by molar-refractivity contribution is 6.31. The summed E-state index contributed by atoms with van der Waals surface area (Å²) in [6.45, 7) is 2.32. The number of esters is 1. The Labute approximate surface area is 99.6 Å². The quantitative estimate of drug-likeness (QED) is 0.739. The number of halogens is 1. The Morgan fingerprint density at radius 3 is 3.12 bits per heavy atom. The first-order valence-electron chi connectivity index (χ1n) is 5.68. The van der Waals surface area contributed by atoms with Crippen molar-refractivity contribution < 1.29 is 9.53 Å². The van der Waals surface area contributed by atoms with Crippen LogP contribution in [0.1, 0.15) is 24.0 Å². The lowest BCUT2D eigenvalue weighted by Crippen LogP contribution is -2.11. The van der Waals surface area contributed by atoms with Crippen molar-refractivity contribution >= 4 is 17.6 Å². The Bertz CT molecular complexity index is 455. The van der Waals surface area contributed by atoms with Crippen LogP contribution in [0.4, 0.5) is 0 Å². The van der Waals surface area contributed by atoms with Gasteiger partial charge in [-0.25, -0.2) is 0 Å². The van der Waals surface area contributed by atoms with E-state index >= 15 is 0 Å². The first-order chi connectivity index (χ1) is 7.74. The van der Waals surface area contributed by atoms with Crippen LogP contribution in [0.2, 0.25) is 5.02 Å². The number of hydrogen-bond donors (Lipinski definition) is 0. The van der Waals surface area contributed by atoms with Crippen molar-refractivity contribution in [2.45, 2.75) is 19.3 Å². The Balaban J connectivity index is 1.85. The molecule has 3 heteroatoms. The normalized spacial score (nSPS) is 29.5. The van der Waals surface area contributed by atoms with Crippen LogP contribution in [0.15, 0.2) is 18.2 Å². The molecule has 0 bridgehead atoms. The fourth-order valence-electron chi connectivity index (χ4n) is 2.95. The maximum absolute atomic E-state index is 11.7. The largest absolute Gasteiger partial charge is 0.466 e. The van der Waals surface area contributed by atoms with Crippen molar-refractivity contribution in [3.8, 4) is 0 Å². The molecule has 0 amide bonds. The molecule has 2 nitrogen and oxygen atoms in total. The van der Waals surface area contributed by atoms with Crippen LogP contribution >= 0.6 is 11.6 Å². The van der Waals surface area contributed by atoms with E-state index in [-0.39, 0.29) is 11.9 Å². The van der Waals surface area contributed by atoms with Gasteiger partial charge in [-0.1, -0.05) is 23.7 Å². The van der Waals surface area contributed by atoms with Crippen molar-refractivity contribution in [2.75, 3.05) is 6.61 Å². The molecule has 3 atom stereocenters. The van der Waals surface area contributed by atoms with Crippen LogP contribution in [0.5, 0.6) is 0 Å². The van der Waals surface area contributed by atoms with Gasteiger partial charge < -0.3 is 4.74 Å². The lowest BCUT2D eigenvalue weighted by atomic mass is 10.0. The molecule has 0 aliphatic heterocycles. The predicted molar refractivity (Wildman–Crippen MR) is 61.5 cm³/mol. The second-order valence-corrected chi connectivity index (χ2v) is 4.89. The third kappa shape index (κ3) is 1.29. The predicted octanol–water partition coefficient (Wildman–Crippen LogP) is 2.79. The van der Waals surface area contributed by atoms with Crippen LogP contribution in [-0.2, 0) is 16.0 Å². The van der Waals surface area contributed by atoms with E-state index in [0.717, 1.165) is 11.4 Å². The van der Waals surface area contributed by atoms with Crippen LogP contribution in [0.25, 0.3) is 0 Å². The van der Waals surface area contributed by atoms with E-state index in [0.29, 0.717) is 18.4 Å². The van der Waals surface area contributed by atoms with Gasteiger partial charge in [-0.2, -0.15) is 0 Å². The number of carbonyl (C=O) groups is 1. The lowest BCUT2D eigenvalue weighted by molar-refractivity contribution is -0.145. The van der Waals surface area contributed by atoms with E-state index in [1.54, 1.807) is 0 Å². The molecule has 3 unspecified atom stereocenters. The molecular weight excluding hydrogens is 224 g/mol. The average molecular weight is 237 g/mol. The summed E-state index contributed by atoms with van der Waals surface area (Å²) in [7, 11) is 0. The van der Waals surface area contributed by atoms with E-state index in [1.807, 2.05) is 19.1 Å². The third-order valence-electron chi connectivity index (χ3n) is 3.68. The first-order valence-corrected chi connectivity index (χ1v) is 6.05. The van der Waals surface area contributed by atoms with E-state index in [9.17, 15) is 4.79 Å². The van der Waals surface area contributed by atoms with Gasteiger partial charge in [-0.05, 0) is 36.5 Å². The SMILES string of the molecule is CCOC(=O)C1C2Cc3c(Cl)cccc3C21. The number of carbonyl (C=O) groups excluding carboxylic acids is 1. The van der Waals surface area contributed by atoms with Gasteiger partial charge in [-0.3, -0.25) is 4.79 Å². The van der Waals surface area contributed by atoms with Crippen molar-refractivity contribution in [2.24, 2.45) is 11.8 Å². The van der Waals surface area contributed by atoms with Crippen LogP contribution in [-0.4, -0.2) is 12.6 Å². The van der Waals surface area contributed by atoms with Crippen molar-refractivity contribution in [1.82, 2.24) is 0 Å². The summed E-state index contributed by atoms with van der Waals surface area (Å²) in [6.07, 6.45) is 0.934. The van der Waals surface area contributed by atoms with Crippen LogP contribution < -0.4 is 0 Å². The van der Waals surface area contributed by atoms with E-state index in [2.05, 4.69) is 6.07 Å². The average Bonchev–Trinajstić information content (AvgIpc) is 2.85. The number of hydrogen-bond acceptors (Lipinski definition) is 2. The Hall–Kier alpha value is -1.02. The van der Waals surface area contributed by atoms with Gasteiger partial charge in [-0.15, -0.1) is 0 Å². The van der Waals surface area contributed by atoms with E-state index < -0.39 is 0 Å². The lowest BCUT2D eigenvalue weighted by Gasteiger charge is -2.08. The maximum atomic E-state index is 11.7. The van der Waals surface area contributed by atoms with Gasteiger partial charge in [0, 0.05) is 10.9 Å². The molecule has 3 rings (SSSR count). The minimum atomic E-state index is -0.0388. The molecule has 2 aliphatic rings. The molecule has 1 fully saturated rings. The van der Waals surface area contributed by atoms with Gasteiger partial charge in [0.1, 0.15) is 0 Å². The minimum absolute atomic E-state index is 0.0388. The smallest absolute Gasteiger partial charge is 0.309 e. The molecule has 0 aromatic heterocycles. The molecule has 16 heavy (non-hydrogen) atoms. The van der Waals surface area contributed by atoms with Gasteiger partial charge >= 0.3 is 5.97 Å². The number of rotatable bonds is 2. The molecule has 84 valence electrons. The highest BCUT2D eigenvalue weighted by Gasteiger charge is 2.60. The molecule has 1 aromatic carbocycles. The van der Waals surface area contributed by atoms with Gasteiger partial charge in [0.15, 0.2) is 0 Å². The Morgan fingerprint density at radius 1 is 1.56 bits per heavy atom. The zero-order chi connectivity index (χ0) is 11.3. The second kappa shape index (κ2) is 3.49. The maximum Gasteiger partial charge on any atom is 0.309 e. The summed E-state index contributed by atoms with van der Waals surface area (Å²) < 4.78 is 5.08. The standard InChI is InChI=1S/C13H13ClO2/c1-2-16-13(15)12-9-6-8-7(11(9)12)4-3-5-10(8)14/h3-5,9,11-12H,2,6H2,1H3. The number of benzene rings is 1. The molecule has 1 saturated carbocycles. The third-order valence-corrected chi connectivity index (χ3v) is 4.04. The summed E-state index contributed by atoms with van der Waals surface area (Å²) in [5, 5.41) is 0.840. The molecular formula is C13H13ClO2. The fraction of sp³-hybridized carbons (Fsp3) is 0.462. The fourth-order valence-corrected chi connectivity index (χ4v) is 3.21. The molecule has 0 radical (unpaired) electrons. The summed E-state index contributed by atoms with van der Waals surface area (Å²) >= 11 is 6.13. The molecule has 2 aliphatic carbocycles. The van der Waals surface area contributed by atoms with Crippen molar-refractivity contribution in [1.29, 1.82) is 0 Å². The summed E-state index contributed by atoms with van der Waals surface area (Å²) in [6, 6.07) is 5.97. The van der Waals surface area contributed by atoms with E-state index in [1.165, 1.54) is 11.1 Å². The van der Waals surface area contributed by atoms with E-state index in [4.69, 9.17) is 16.3 Å². The molecule has 0 heterocycles. The molecule has 0 N–H and O–H groups in total. The molecule has 0 saturated heterocycles. The monoisotopic (exact) mass is 236 g/mol. The molecule has 0 spiro atoms. The Morgan fingerprint density at radius 2 is 2.38 bits per heavy atom. The van der Waals surface area contributed by atoms with Gasteiger partial charge in [0.2, 0.25) is 0 Å². The highest BCUT2D eigenvalue weighted by atomic mass is 35.5. The first kappa shape index (κ1) is 10.2. The summed E-state index contributed by atoms with van der Waals surface area (Å²) in [5.41, 5.74) is 2.50. The van der Waals surface area contributed by atoms with Gasteiger partial charge in [0.25, 0.3) is 0 Å². The second-order valence-electron chi connectivity index (χ2n) is 4.48. The minimum Gasteiger partial charge on any atom is -0.466 e. The zero-order valence-corrected chi connectivity index (χ0v) is 9.83. The van der Waals surface area contributed by atoms with Crippen LogP contribution in [0, 0.1) is 11.8 Å². The summed E-state index contributed by atoms with van der Waals surface area (Å²) in [4.78, 5) is 11.7. The van der Waals surface area contributed by atoms with Gasteiger partial charge in [0.05, 0.1) is 12.5 Å². The van der Waals surface area contributed by atoms with Crippen molar-refractivity contribution in [3.05, 3.63) is 34.3 Å². The van der Waals surface area contributed by atoms with Crippen molar-refractivity contribution in [3.63, 3.8) is 0 Å². The number of fused-ring (bicyclic) bond motifs is 3. The summed E-state index contributed by atoms with van der Waals surface area (Å²) in [5.74, 6) is 0.857.